The van der Waals surface area contributed by atoms with Crippen molar-refractivity contribution in [1.82, 2.24) is 0 Å². The molecule has 0 saturated carbocycles. The van der Waals surface area contributed by atoms with Crippen molar-refractivity contribution in [2.75, 3.05) is 5.73 Å². The largest absolute Gasteiger partial charge is 0.505 e. The molecule has 0 aromatic heterocycles. The van der Waals surface area contributed by atoms with E-state index >= 15 is 0 Å². The topological polar surface area (TPSA) is 46.2 Å². The standard InChI is InChI=1S/C6H5F2NO/c7-3-1-4(9)6(8)5(10)2-3/h1-2,10H,9H2. The summed E-state index contributed by atoms with van der Waals surface area (Å²) in [5, 5.41) is 8.59. The van der Waals surface area contributed by atoms with Gasteiger partial charge < -0.3 is 10.8 Å². The van der Waals surface area contributed by atoms with Gasteiger partial charge in [-0.05, 0) is 0 Å². The van der Waals surface area contributed by atoms with Crippen molar-refractivity contribution in [3.63, 3.8) is 0 Å². The molecule has 1 aromatic rings. The molecule has 0 amide bonds. The average Bonchev–Trinajstić information content (AvgIpc) is 1.82. The lowest BCUT2D eigenvalue weighted by Gasteiger charge is -1.97. The van der Waals surface area contributed by atoms with Crippen LogP contribution in [0.15, 0.2) is 12.1 Å². The van der Waals surface area contributed by atoms with Gasteiger partial charge in [0.1, 0.15) is 5.82 Å². The molecular weight excluding hydrogens is 140 g/mol. The van der Waals surface area contributed by atoms with E-state index in [1.54, 1.807) is 0 Å². The lowest BCUT2D eigenvalue weighted by molar-refractivity contribution is 0.428. The maximum atomic E-state index is 12.4. The van der Waals surface area contributed by atoms with E-state index < -0.39 is 23.1 Å². The molecule has 0 fully saturated rings. The van der Waals surface area contributed by atoms with Crippen LogP contribution in [0.2, 0.25) is 0 Å². The van der Waals surface area contributed by atoms with Crippen molar-refractivity contribution in [2.45, 2.75) is 0 Å². The smallest absolute Gasteiger partial charge is 0.187 e. The Hall–Kier alpha value is -1.32. The number of aromatic hydroxyl groups is 1. The molecule has 0 bridgehead atoms. The molecule has 1 rings (SSSR count). The highest BCUT2D eigenvalue weighted by molar-refractivity contribution is 5.45. The fourth-order valence-corrected chi connectivity index (χ4v) is 0.595. The molecule has 0 unspecified atom stereocenters. The Kier molecular flexibility index (Phi) is 1.45. The fraction of sp³-hybridized carbons (Fsp3) is 0. The summed E-state index contributed by atoms with van der Waals surface area (Å²) in [5.41, 5.74) is 4.56. The Morgan fingerprint density at radius 3 is 2.40 bits per heavy atom. The van der Waals surface area contributed by atoms with E-state index in [1.807, 2.05) is 0 Å². The van der Waals surface area contributed by atoms with Crippen LogP contribution in [0.5, 0.6) is 5.75 Å². The molecule has 4 heteroatoms. The van der Waals surface area contributed by atoms with Crippen LogP contribution in [-0.4, -0.2) is 5.11 Å². The fourth-order valence-electron chi connectivity index (χ4n) is 0.595. The lowest BCUT2D eigenvalue weighted by atomic mass is 10.3. The molecule has 54 valence electrons. The summed E-state index contributed by atoms with van der Waals surface area (Å²) in [5.74, 6) is -2.50. The number of halogens is 2. The van der Waals surface area contributed by atoms with Crippen molar-refractivity contribution < 1.29 is 13.9 Å². The number of anilines is 1. The quantitative estimate of drug-likeness (QED) is 0.539. The van der Waals surface area contributed by atoms with Crippen molar-refractivity contribution >= 4 is 5.69 Å². The van der Waals surface area contributed by atoms with Gasteiger partial charge in [-0.2, -0.15) is 0 Å². The molecule has 0 aliphatic heterocycles. The van der Waals surface area contributed by atoms with Crippen LogP contribution < -0.4 is 5.73 Å². The third-order valence-corrected chi connectivity index (χ3v) is 1.05. The second-order valence-corrected chi connectivity index (χ2v) is 1.83. The molecule has 0 aliphatic carbocycles. The summed E-state index contributed by atoms with van der Waals surface area (Å²) < 4.78 is 24.6. The lowest BCUT2D eigenvalue weighted by Crippen LogP contribution is -1.91. The number of hydrogen-bond acceptors (Lipinski definition) is 2. The van der Waals surface area contributed by atoms with Gasteiger partial charge in [0.2, 0.25) is 0 Å². The molecule has 0 atom stereocenters. The predicted octanol–water partition coefficient (Wildman–Crippen LogP) is 1.25. The first-order valence-corrected chi connectivity index (χ1v) is 2.54. The third-order valence-electron chi connectivity index (χ3n) is 1.05. The van der Waals surface area contributed by atoms with E-state index in [1.165, 1.54) is 0 Å². The Labute approximate surface area is 55.9 Å². The zero-order valence-electron chi connectivity index (χ0n) is 4.94. The van der Waals surface area contributed by atoms with E-state index in [2.05, 4.69) is 0 Å². The van der Waals surface area contributed by atoms with Gasteiger partial charge in [-0.25, -0.2) is 8.78 Å². The number of nitrogens with two attached hydrogens (primary N) is 1. The van der Waals surface area contributed by atoms with Gasteiger partial charge in [0.15, 0.2) is 11.6 Å². The summed E-state index contributed by atoms with van der Waals surface area (Å²) in [6.07, 6.45) is 0. The number of phenolic OH excluding ortho intramolecular Hbond substituents is 1. The van der Waals surface area contributed by atoms with E-state index in [4.69, 9.17) is 10.8 Å². The Morgan fingerprint density at radius 1 is 1.30 bits per heavy atom. The minimum atomic E-state index is -0.985. The average molecular weight is 145 g/mol. The normalized spacial score (nSPS) is 9.80. The van der Waals surface area contributed by atoms with Gasteiger partial charge >= 0.3 is 0 Å². The first kappa shape index (κ1) is 6.80. The molecule has 3 N–H and O–H groups in total. The molecule has 1 aromatic carbocycles. The molecule has 2 nitrogen and oxygen atoms in total. The maximum absolute atomic E-state index is 12.4. The molecule has 0 saturated heterocycles. The Morgan fingerprint density at radius 2 is 1.90 bits per heavy atom. The third kappa shape index (κ3) is 1.00. The van der Waals surface area contributed by atoms with Crippen LogP contribution in [-0.2, 0) is 0 Å². The summed E-state index contributed by atoms with van der Waals surface area (Å²) in [6.45, 7) is 0. The van der Waals surface area contributed by atoms with Crippen molar-refractivity contribution in [3.8, 4) is 5.75 Å². The molecule has 0 spiro atoms. The van der Waals surface area contributed by atoms with E-state index in [9.17, 15) is 8.78 Å². The second kappa shape index (κ2) is 2.13. The summed E-state index contributed by atoms with van der Waals surface area (Å²) >= 11 is 0. The molecular formula is C6H5F2NO. The van der Waals surface area contributed by atoms with Crippen LogP contribution in [0.25, 0.3) is 0 Å². The first-order chi connectivity index (χ1) is 4.61. The van der Waals surface area contributed by atoms with Crippen LogP contribution in [0.1, 0.15) is 0 Å². The number of rotatable bonds is 0. The van der Waals surface area contributed by atoms with Gasteiger partial charge in [0.25, 0.3) is 0 Å². The Balaban J connectivity index is 3.31. The minimum Gasteiger partial charge on any atom is -0.505 e. The maximum Gasteiger partial charge on any atom is 0.187 e. The molecule has 10 heavy (non-hydrogen) atoms. The highest BCUT2D eigenvalue weighted by Crippen LogP contribution is 2.21. The number of hydrogen-bond donors (Lipinski definition) is 2. The monoisotopic (exact) mass is 145 g/mol. The highest BCUT2D eigenvalue weighted by atomic mass is 19.1. The number of nitrogen functional groups attached to an aromatic ring is 1. The number of benzene rings is 1. The summed E-state index contributed by atoms with van der Waals surface area (Å²) in [7, 11) is 0. The van der Waals surface area contributed by atoms with Crippen molar-refractivity contribution in [2.24, 2.45) is 0 Å². The molecule has 0 radical (unpaired) electrons. The van der Waals surface area contributed by atoms with Gasteiger partial charge in [-0.15, -0.1) is 0 Å². The summed E-state index contributed by atoms with van der Waals surface area (Å²) in [4.78, 5) is 0. The molecule has 0 aliphatic rings. The van der Waals surface area contributed by atoms with Gasteiger partial charge in [-0.3, -0.25) is 0 Å². The van der Waals surface area contributed by atoms with Gasteiger partial charge in [0, 0.05) is 12.1 Å². The van der Waals surface area contributed by atoms with Crippen molar-refractivity contribution in [1.29, 1.82) is 0 Å². The van der Waals surface area contributed by atoms with Crippen LogP contribution in [0, 0.1) is 11.6 Å². The Bertz CT molecular complexity index is 239. The van der Waals surface area contributed by atoms with Crippen LogP contribution in [0.3, 0.4) is 0 Å². The van der Waals surface area contributed by atoms with E-state index in [-0.39, 0.29) is 0 Å². The zero-order chi connectivity index (χ0) is 7.72. The predicted molar refractivity (Wildman–Crippen MR) is 32.4 cm³/mol. The highest BCUT2D eigenvalue weighted by Gasteiger charge is 2.05. The zero-order valence-corrected chi connectivity index (χ0v) is 4.94. The van der Waals surface area contributed by atoms with Gasteiger partial charge in [-0.1, -0.05) is 0 Å². The second-order valence-electron chi connectivity index (χ2n) is 1.83. The van der Waals surface area contributed by atoms with Crippen molar-refractivity contribution in [3.05, 3.63) is 23.8 Å². The van der Waals surface area contributed by atoms with Crippen LogP contribution in [0.4, 0.5) is 14.5 Å². The number of phenols is 1. The minimum absolute atomic E-state index is 0.391. The van der Waals surface area contributed by atoms with Gasteiger partial charge in [0.05, 0.1) is 5.69 Å². The summed E-state index contributed by atoms with van der Waals surface area (Å²) in [6, 6.07) is 1.46. The van der Waals surface area contributed by atoms with Crippen LogP contribution >= 0.6 is 0 Å². The van der Waals surface area contributed by atoms with E-state index in [0.717, 1.165) is 6.07 Å². The first-order valence-electron chi connectivity index (χ1n) is 2.54. The molecule has 0 heterocycles. The SMILES string of the molecule is Nc1cc(F)cc(O)c1F. The van der Waals surface area contributed by atoms with E-state index in [0.29, 0.717) is 6.07 Å².